The Morgan fingerprint density at radius 3 is 2.48 bits per heavy atom. The van der Waals surface area contributed by atoms with Gasteiger partial charge in [0.2, 0.25) is 0 Å². The fraction of sp³-hybridized carbons (Fsp3) is 0.200. The van der Waals surface area contributed by atoms with Gasteiger partial charge in [0.15, 0.2) is 18.1 Å². The molecule has 1 heterocycles. The van der Waals surface area contributed by atoms with Crippen LogP contribution >= 0.6 is 11.6 Å². The number of carbonyl (C=O) groups is 1. The molecule has 0 aliphatic carbocycles. The number of anilines is 1. The first kappa shape index (κ1) is 18.8. The molecule has 0 bridgehead atoms. The summed E-state index contributed by atoms with van der Waals surface area (Å²) in [5.41, 5.74) is 1.03. The number of nitrogens with one attached hydrogen (secondary N) is 1. The summed E-state index contributed by atoms with van der Waals surface area (Å²) in [7, 11) is 0. The largest absolute Gasteiger partial charge is 0.490 e. The van der Waals surface area contributed by atoms with E-state index in [4.69, 9.17) is 21.1 Å². The third-order valence-electron chi connectivity index (χ3n) is 3.74. The van der Waals surface area contributed by atoms with E-state index in [1.807, 2.05) is 43.3 Å². The fourth-order valence-corrected chi connectivity index (χ4v) is 2.62. The lowest BCUT2D eigenvalue weighted by Crippen LogP contribution is -2.22. The van der Waals surface area contributed by atoms with Crippen LogP contribution in [0.4, 0.5) is 5.82 Å². The molecule has 0 saturated carbocycles. The zero-order valence-corrected chi connectivity index (χ0v) is 15.6. The number of hydrogen-bond acceptors (Lipinski definition) is 4. The van der Waals surface area contributed by atoms with Gasteiger partial charge in [0, 0.05) is 11.1 Å². The quantitative estimate of drug-likeness (QED) is 0.636. The van der Waals surface area contributed by atoms with Gasteiger partial charge in [-0.15, -0.1) is 0 Å². The predicted molar refractivity (Wildman–Crippen MR) is 105 cm³/mol. The molecule has 0 aliphatic heterocycles. The van der Waals surface area contributed by atoms with E-state index in [-0.39, 0.29) is 12.5 Å². The van der Waals surface area contributed by atoms with E-state index in [9.17, 15) is 4.79 Å². The van der Waals surface area contributed by atoms with E-state index in [1.54, 1.807) is 29.1 Å². The molecule has 27 heavy (non-hydrogen) atoms. The van der Waals surface area contributed by atoms with E-state index in [2.05, 4.69) is 10.4 Å². The number of para-hydroxylation sites is 2. The Morgan fingerprint density at radius 2 is 1.78 bits per heavy atom. The molecule has 140 valence electrons. The average Bonchev–Trinajstić information content (AvgIpc) is 3.10. The second-order valence-electron chi connectivity index (χ2n) is 5.72. The maximum absolute atomic E-state index is 12.3. The summed E-state index contributed by atoms with van der Waals surface area (Å²) in [6, 6.07) is 16.5. The average molecular weight is 386 g/mol. The van der Waals surface area contributed by atoms with Crippen molar-refractivity contribution >= 4 is 23.3 Å². The topological polar surface area (TPSA) is 65.4 Å². The van der Waals surface area contributed by atoms with Gasteiger partial charge in [-0.25, -0.2) is 4.68 Å². The third-order valence-corrected chi connectivity index (χ3v) is 3.99. The summed E-state index contributed by atoms with van der Waals surface area (Å²) in [5.74, 6) is 1.46. The van der Waals surface area contributed by atoms with Crippen molar-refractivity contribution in [2.75, 3.05) is 18.5 Å². The number of nitrogens with zero attached hydrogens (tertiary/aromatic N) is 2. The monoisotopic (exact) mass is 385 g/mol. The van der Waals surface area contributed by atoms with Gasteiger partial charge in [0.25, 0.3) is 5.91 Å². The van der Waals surface area contributed by atoms with Gasteiger partial charge in [0.1, 0.15) is 5.82 Å². The summed E-state index contributed by atoms with van der Waals surface area (Å²) < 4.78 is 12.8. The lowest BCUT2D eigenvalue weighted by Gasteiger charge is -2.12. The smallest absolute Gasteiger partial charge is 0.263 e. The SMILES string of the molecule is CCOc1ccccc1OCC(=O)Nc1ccnn1Cc1ccc(Cl)cc1. The Bertz CT molecular complexity index is 893. The summed E-state index contributed by atoms with van der Waals surface area (Å²) in [6.07, 6.45) is 1.64. The molecule has 7 heteroatoms. The molecule has 2 aromatic carbocycles. The highest BCUT2D eigenvalue weighted by atomic mass is 35.5. The van der Waals surface area contributed by atoms with E-state index >= 15 is 0 Å². The number of aromatic nitrogens is 2. The van der Waals surface area contributed by atoms with Crippen molar-refractivity contribution in [3.8, 4) is 11.5 Å². The van der Waals surface area contributed by atoms with E-state index in [1.165, 1.54) is 0 Å². The van der Waals surface area contributed by atoms with Crippen LogP contribution in [0.5, 0.6) is 11.5 Å². The number of carbonyl (C=O) groups excluding carboxylic acids is 1. The third kappa shape index (κ3) is 5.24. The molecule has 0 aliphatic rings. The van der Waals surface area contributed by atoms with Crippen LogP contribution in [0.2, 0.25) is 5.02 Å². The van der Waals surface area contributed by atoms with Crippen molar-refractivity contribution in [3.63, 3.8) is 0 Å². The van der Waals surface area contributed by atoms with Crippen LogP contribution in [0.15, 0.2) is 60.8 Å². The van der Waals surface area contributed by atoms with Crippen molar-refractivity contribution in [2.45, 2.75) is 13.5 Å². The number of amides is 1. The highest BCUT2D eigenvalue weighted by molar-refractivity contribution is 6.30. The fourth-order valence-electron chi connectivity index (χ4n) is 2.49. The molecule has 0 unspecified atom stereocenters. The highest BCUT2D eigenvalue weighted by Gasteiger charge is 2.10. The first-order valence-electron chi connectivity index (χ1n) is 8.56. The number of rotatable bonds is 8. The van der Waals surface area contributed by atoms with Gasteiger partial charge in [-0.3, -0.25) is 4.79 Å². The summed E-state index contributed by atoms with van der Waals surface area (Å²) in [6.45, 7) is 2.81. The van der Waals surface area contributed by atoms with Crippen LogP contribution in [0.25, 0.3) is 0 Å². The van der Waals surface area contributed by atoms with Crippen molar-refractivity contribution in [3.05, 3.63) is 71.4 Å². The maximum Gasteiger partial charge on any atom is 0.263 e. The van der Waals surface area contributed by atoms with Crippen LogP contribution in [-0.4, -0.2) is 28.9 Å². The van der Waals surface area contributed by atoms with Crippen LogP contribution in [-0.2, 0) is 11.3 Å². The summed E-state index contributed by atoms with van der Waals surface area (Å²) in [5, 5.41) is 7.74. The summed E-state index contributed by atoms with van der Waals surface area (Å²) in [4.78, 5) is 12.3. The minimum Gasteiger partial charge on any atom is -0.490 e. The molecule has 1 amide bonds. The van der Waals surface area contributed by atoms with Crippen LogP contribution < -0.4 is 14.8 Å². The number of benzene rings is 2. The lowest BCUT2D eigenvalue weighted by atomic mass is 10.2. The Kier molecular flexibility index (Phi) is 6.33. The van der Waals surface area contributed by atoms with Gasteiger partial charge in [-0.2, -0.15) is 5.10 Å². The Morgan fingerprint density at radius 1 is 1.07 bits per heavy atom. The molecule has 6 nitrogen and oxygen atoms in total. The van der Waals surface area contributed by atoms with Gasteiger partial charge in [-0.05, 0) is 36.8 Å². The zero-order valence-electron chi connectivity index (χ0n) is 14.9. The van der Waals surface area contributed by atoms with E-state index in [0.717, 1.165) is 5.56 Å². The molecule has 3 aromatic rings. The molecular formula is C20H20ClN3O3. The van der Waals surface area contributed by atoms with Gasteiger partial charge in [0.05, 0.1) is 19.3 Å². The molecule has 0 atom stereocenters. The number of hydrogen-bond donors (Lipinski definition) is 1. The first-order valence-corrected chi connectivity index (χ1v) is 8.94. The maximum atomic E-state index is 12.3. The molecule has 0 fully saturated rings. The molecule has 1 N–H and O–H groups in total. The predicted octanol–water partition coefficient (Wildman–Crippen LogP) is 4.00. The van der Waals surface area contributed by atoms with Crippen molar-refractivity contribution in [1.29, 1.82) is 0 Å². The van der Waals surface area contributed by atoms with Crippen molar-refractivity contribution < 1.29 is 14.3 Å². The second kappa shape index (κ2) is 9.09. The standard InChI is InChI=1S/C20H20ClN3O3/c1-2-26-17-5-3-4-6-18(17)27-14-20(25)23-19-11-12-22-24(19)13-15-7-9-16(21)10-8-15/h3-12H,2,13-14H2,1H3,(H,23,25). The van der Waals surface area contributed by atoms with Gasteiger partial charge >= 0.3 is 0 Å². The Balaban J connectivity index is 1.59. The van der Waals surface area contributed by atoms with Gasteiger partial charge < -0.3 is 14.8 Å². The lowest BCUT2D eigenvalue weighted by molar-refractivity contribution is -0.118. The second-order valence-corrected chi connectivity index (χ2v) is 6.15. The molecular weight excluding hydrogens is 366 g/mol. The zero-order chi connectivity index (χ0) is 19.1. The number of ether oxygens (including phenoxy) is 2. The Labute approximate surface area is 162 Å². The van der Waals surface area contributed by atoms with E-state index < -0.39 is 0 Å². The number of halogens is 1. The van der Waals surface area contributed by atoms with Crippen LogP contribution in [0.3, 0.4) is 0 Å². The minimum absolute atomic E-state index is 0.129. The minimum atomic E-state index is -0.279. The normalized spacial score (nSPS) is 10.4. The summed E-state index contributed by atoms with van der Waals surface area (Å²) >= 11 is 5.91. The Hall–Kier alpha value is -2.99. The van der Waals surface area contributed by atoms with Crippen molar-refractivity contribution in [1.82, 2.24) is 9.78 Å². The van der Waals surface area contributed by atoms with E-state index in [0.29, 0.717) is 35.5 Å². The molecule has 3 rings (SSSR count). The molecule has 0 radical (unpaired) electrons. The first-order chi connectivity index (χ1) is 13.2. The molecule has 1 aromatic heterocycles. The molecule has 0 spiro atoms. The highest BCUT2D eigenvalue weighted by Crippen LogP contribution is 2.26. The van der Waals surface area contributed by atoms with Crippen LogP contribution in [0.1, 0.15) is 12.5 Å². The van der Waals surface area contributed by atoms with Crippen LogP contribution in [0, 0.1) is 0 Å². The van der Waals surface area contributed by atoms with Crippen molar-refractivity contribution in [2.24, 2.45) is 0 Å². The molecule has 0 saturated heterocycles. The van der Waals surface area contributed by atoms with Gasteiger partial charge in [-0.1, -0.05) is 35.9 Å².